The SMILES string of the molecule is CCc1ccccc1NC(=O)CN1CCN(C(=O)c2cc(Cl)cc(Cl)c2)CC1. The van der Waals surface area contributed by atoms with Crippen LogP contribution in [0.2, 0.25) is 10.0 Å². The third-order valence-electron chi connectivity index (χ3n) is 4.81. The van der Waals surface area contributed by atoms with Gasteiger partial charge in [-0.05, 0) is 36.2 Å². The number of piperazine rings is 1. The Hall–Kier alpha value is -2.08. The molecule has 1 N–H and O–H groups in total. The molecule has 148 valence electrons. The first-order chi connectivity index (χ1) is 13.5. The van der Waals surface area contributed by atoms with Gasteiger partial charge in [0.15, 0.2) is 0 Å². The van der Waals surface area contributed by atoms with E-state index in [1.165, 1.54) is 0 Å². The highest BCUT2D eigenvalue weighted by atomic mass is 35.5. The highest BCUT2D eigenvalue weighted by Crippen LogP contribution is 2.21. The predicted octanol–water partition coefficient (Wildman–Crippen LogP) is 3.95. The Kier molecular flexibility index (Phi) is 6.94. The van der Waals surface area contributed by atoms with Gasteiger partial charge in [-0.2, -0.15) is 0 Å². The zero-order valence-electron chi connectivity index (χ0n) is 15.8. The summed E-state index contributed by atoms with van der Waals surface area (Å²) in [5.41, 5.74) is 2.47. The maximum atomic E-state index is 12.7. The average molecular weight is 420 g/mol. The largest absolute Gasteiger partial charge is 0.336 e. The molecule has 28 heavy (non-hydrogen) atoms. The van der Waals surface area contributed by atoms with E-state index in [1.807, 2.05) is 24.3 Å². The molecule has 7 heteroatoms. The number of amides is 2. The van der Waals surface area contributed by atoms with Crippen LogP contribution < -0.4 is 5.32 Å². The second-order valence-electron chi connectivity index (χ2n) is 6.79. The van der Waals surface area contributed by atoms with E-state index < -0.39 is 0 Å². The third-order valence-corrected chi connectivity index (χ3v) is 5.25. The standard InChI is InChI=1S/C21H23Cl2N3O2/c1-2-15-5-3-4-6-19(15)24-20(27)14-25-7-9-26(10-8-25)21(28)16-11-17(22)13-18(23)12-16/h3-6,11-13H,2,7-10,14H2,1H3,(H,24,27). The monoisotopic (exact) mass is 419 g/mol. The third kappa shape index (κ3) is 5.25. The molecule has 1 aliphatic rings. The topological polar surface area (TPSA) is 52.7 Å². The molecular weight excluding hydrogens is 397 g/mol. The minimum atomic E-state index is -0.0922. The summed E-state index contributed by atoms with van der Waals surface area (Å²) < 4.78 is 0. The van der Waals surface area contributed by atoms with Gasteiger partial charge in [-0.15, -0.1) is 0 Å². The Morgan fingerprint density at radius 2 is 1.64 bits per heavy atom. The zero-order valence-corrected chi connectivity index (χ0v) is 17.3. The van der Waals surface area contributed by atoms with Crippen molar-refractivity contribution < 1.29 is 9.59 Å². The number of nitrogens with one attached hydrogen (secondary N) is 1. The van der Waals surface area contributed by atoms with Gasteiger partial charge in [0.25, 0.3) is 5.91 Å². The number of hydrogen-bond donors (Lipinski definition) is 1. The van der Waals surface area contributed by atoms with Crippen molar-refractivity contribution in [1.29, 1.82) is 0 Å². The van der Waals surface area contributed by atoms with E-state index in [4.69, 9.17) is 23.2 Å². The molecule has 3 rings (SSSR count). The van der Waals surface area contributed by atoms with Gasteiger partial charge in [-0.3, -0.25) is 14.5 Å². The van der Waals surface area contributed by atoms with Crippen LogP contribution in [0.1, 0.15) is 22.8 Å². The van der Waals surface area contributed by atoms with Crippen LogP contribution in [0, 0.1) is 0 Å². The first-order valence-electron chi connectivity index (χ1n) is 9.31. The normalized spacial score (nSPS) is 14.8. The van der Waals surface area contributed by atoms with E-state index in [9.17, 15) is 9.59 Å². The van der Waals surface area contributed by atoms with Crippen molar-refractivity contribution in [3.8, 4) is 0 Å². The highest BCUT2D eigenvalue weighted by Gasteiger charge is 2.24. The maximum absolute atomic E-state index is 12.7. The van der Waals surface area contributed by atoms with Crippen molar-refractivity contribution in [1.82, 2.24) is 9.80 Å². The summed E-state index contributed by atoms with van der Waals surface area (Å²) in [6.45, 7) is 4.77. The first-order valence-corrected chi connectivity index (χ1v) is 10.1. The summed E-state index contributed by atoms with van der Waals surface area (Å²) in [4.78, 5) is 28.9. The lowest BCUT2D eigenvalue weighted by atomic mass is 10.1. The maximum Gasteiger partial charge on any atom is 0.254 e. The van der Waals surface area contributed by atoms with Gasteiger partial charge in [-0.25, -0.2) is 0 Å². The van der Waals surface area contributed by atoms with E-state index in [0.29, 0.717) is 48.3 Å². The van der Waals surface area contributed by atoms with E-state index in [-0.39, 0.29) is 11.8 Å². The number of carbonyl (C=O) groups excluding carboxylic acids is 2. The lowest BCUT2D eigenvalue weighted by molar-refractivity contribution is -0.117. The van der Waals surface area contributed by atoms with Crippen LogP contribution in [0.5, 0.6) is 0 Å². The molecule has 1 fully saturated rings. The van der Waals surface area contributed by atoms with Crippen LogP contribution in [0.3, 0.4) is 0 Å². The van der Waals surface area contributed by atoms with Crippen molar-refractivity contribution in [2.75, 3.05) is 38.0 Å². The van der Waals surface area contributed by atoms with E-state index in [0.717, 1.165) is 17.7 Å². The minimum Gasteiger partial charge on any atom is -0.336 e. The fourth-order valence-corrected chi connectivity index (χ4v) is 3.84. The number of benzene rings is 2. The molecule has 0 aliphatic carbocycles. The van der Waals surface area contributed by atoms with Crippen LogP contribution in [0.15, 0.2) is 42.5 Å². The molecular formula is C21H23Cl2N3O2. The number of nitrogens with zero attached hydrogens (tertiary/aromatic N) is 2. The second kappa shape index (κ2) is 9.41. The molecule has 1 heterocycles. The molecule has 0 aromatic heterocycles. The Morgan fingerprint density at radius 3 is 2.29 bits per heavy atom. The Balaban J connectivity index is 1.52. The van der Waals surface area contributed by atoms with Gasteiger partial charge in [0.05, 0.1) is 6.54 Å². The smallest absolute Gasteiger partial charge is 0.254 e. The molecule has 0 bridgehead atoms. The lowest BCUT2D eigenvalue weighted by Crippen LogP contribution is -2.50. The number of carbonyl (C=O) groups is 2. The molecule has 1 saturated heterocycles. The quantitative estimate of drug-likeness (QED) is 0.797. The van der Waals surface area contributed by atoms with Crippen LogP contribution in [0.4, 0.5) is 5.69 Å². The number of hydrogen-bond acceptors (Lipinski definition) is 3. The fourth-order valence-electron chi connectivity index (χ4n) is 3.31. The summed E-state index contributed by atoms with van der Waals surface area (Å²) in [5.74, 6) is -0.132. The molecule has 2 aromatic carbocycles. The Labute approximate surface area is 175 Å². The second-order valence-corrected chi connectivity index (χ2v) is 7.66. The summed E-state index contributed by atoms with van der Waals surface area (Å²) in [6.07, 6.45) is 0.866. The van der Waals surface area contributed by atoms with E-state index in [1.54, 1.807) is 23.1 Å². The van der Waals surface area contributed by atoms with Crippen molar-refractivity contribution >= 4 is 40.7 Å². The van der Waals surface area contributed by atoms with Crippen molar-refractivity contribution in [2.24, 2.45) is 0 Å². The van der Waals surface area contributed by atoms with E-state index >= 15 is 0 Å². The molecule has 0 radical (unpaired) electrons. The number of rotatable bonds is 5. The fraction of sp³-hybridized carbons (Fsp3) is 0.333. The minimum absolute atomic E-state index is 0.0395. The number of halogens is 2. The van der Waals surface area contributed by atoms with Gasteiger partial charge >= 0.3 is 0 Å². The van der Waals surface area contributed by atoms with Gasteiger partial charge < -0.3 is 10.2 Å². The molecule has 0 spiro atoms. The number of aryl methyl sites for hydroxylation is 1. The van der Waals surface area contributed by atoms with Crippen molar-refractivity contribution in [2.45, 2.75) is 13.3 Å². The molecule has 0 saturated carbocycles. The van der Waals surface area contributed by atoms with Gasteiger partial charge in [-0.1, -0.05) is 48.3 Å². The Morgan fingerprint density at radius 1 is 1.00 bits per heavy atom. The van der Waals surface area contributed by atoms with Crippen LogP contribution >= 0.6 is 23.2 Å². The molecule has 2 aromatic rings. The van der Waals surface area contributed by atoms with Gasteiger partial charge in [0.2, 0.25) is 5.91 Å². The lowest BCUT2D eigenvalue weighted by Gasteiger charge is -2.34. The summed E-state index contributed by atoms with van der Waals surface area (Å²) in [6, 6.07) is 12.7. The first kappa shape index (κ1) is 20.6. The predicted molar refractivity (Wildman–Crippen MR) is 113 cm³/mol. The van der Waals surface area contributed by atoms with Crippen LogP contribution in [-0.2, 0) is 11.2 Å². The zero-order chi connectivity index (χ0) is 20.1. The average Bonchev–Trinajstić information content (AvgIpc) is 2.67. The highest BCUT2D eigenvalue weighted by molar-refractivity contribution is 6.35. The molecule has 2 amide bonds. The van der Waals surface area contributed by atoms with Crippen LogP contribution in [-0.4, -0.2) is 54.3 Å². The van der Waals surface area contributed by atoms with Crippen LogP contribution in [0.25, 0.3) is 0 Å². The molecule has 1 aliphatic heterocycles. The summed E-state index contributed by atoms with van der Waals surface area (Å²) in [7, 11) is 0. The van der Waals surface area contributed by atoms with Crippen molar-refractivity contribution in [3.05, 3.63) is 63.6 Å². The number of para-hydroxylation sites is 1. The summed E-state index contributed by atoms with van der Waals surface area (Å²) >= 11 is 12.0. The molecule has 5 nitrogen and oxygen atoms in total. The molecule has 0 atom stereocenters. The molecule has 0 unspecified atom stereocenters. The van der Waals surface area contributed by atoms with Gasteiger partial charge in [0.1, 0.15) is 0 Å². The summed E-state index contributed by atoms with van der Waals surface area (Å²) in [5, 5.41) is 3.88. The van der Waals surface area contributed by atoms with Crippen molar-refractivity contribution in [3.63, 3.8) is 0 Å². The van der Waals surface area contributed by atoms with E-state index in [2.05, 4.69) is 17.1 Å². The Bertz CT molecular complexity index is 844. The number of anilines is 1. The van der Waals surface area contributed by atoms with Gasteiger partial charge in [0, 0.05) is 47.5 Å².